The van der Waals surface area contributed by atoms with E-state index in [1.54, 1.807) is 37.3 Å². The maximum Gasteiger partial charge on any atom is 0.326 e. The molecule has 0 aliphatic carbocycles. The summed E-state index contributed by atoms with van der Waals surface area (Å²) in [5.74, 6) is -0.977. The Morgan fingerprint density at radius 1 is 1.06 bits per heavy atom. The Morgan fingerprint density at radius 2 is 1.75 bits per heavy atom. The monoisotopic (exact) mass is 454 g/mol. The number of hydrogen-bond donors (Lipinski definition) is 1. The molecule has 0 spiro atoms. The molecular formula is C23H22N2O6S. The maximum atomic E-state index is 12.4. The lowest BCUT2D eigenvalue weighted by atomic mass is 10.2. The second-order valence-corrected chi connectivity index (χ2v) is 7.84. The van der Waals surface area contributed by atoms with Crippen LogP contribution in [-0.2, 0) is 19.1 Å². The number of aryl methyl sites for hydroxylation is 1. The first kappa shape index (κ1) is 23.1. The molecule has 3 rings (SSSR count). The molecule has 2 aromatic rings. The van der Waals surface area contributed by atoms with E-state index in [0.29, 0.717) is 17.0 Å². The Labute approximate surface area is 189 Å². The van der Waals surface area contributed by atoms with Gasteiger partial charge in [0.15, 0.2) is 6.61 Å². The first-order valence-electron chi connectivity index (χ1n) is 9.86. The van der Waals surface area contributed by atoms with E-state index in [1.807, 2.05) is 31.2 Å². The summed E-state index contributed by atoms with van der Waals surface area (Å²) in [6.45, 7) is 3.22. The van der Waals surface area contributed by atoms with Gasteiger partial charge >= 0.3 is 5.97 Å². The van der Waals surface area contributed by atoms with Crippen molar-refractivity contribution in [2.24, 2.45) is 0 Å². The van der Waals surface area contributed by atoms with Gasteiger partial charge in [0.25, 0.3) is 17.1 Å². The van der Waals surface area contributed by atoms with Gasteiger partial charge in [0.1, 0.15) is 12.3 Å². The summed E-state index contributed by atoms with van der Waals surface area (Å²) < 4.78 is 10.3. The van der Waals surface area contributed by atoms with Crippen molar-refractivity contribution in [3.8, 4) is 5.75 Å². The van der Waals surface area contributed by atoms with Crippen LogP contribution >= 0.6 is 11.8 Å². The summed E-state index contributed by atoms with van der Waals surface area (Å²) in [6, 6.07) is 14.2. The second-order valence-electron chi connectivity index (χ2n) is 6.84. The molecule has 1 N–H and O–H groups in total. The van der Waals surface area contributed by atoms with E-state index < -0.39 is 23.7 Å². The Morgan fingerprint density at radius 3 is 2.41 bits per heavy atom. The third kappa shape index (κ3) is 6.21. The van der Waals surface area contributed by atoms with Gasteiger partial charge in [0.05, 0.1) is 11.5 Å². The number of carbonyl (C=O) groups excluding carboxylic acids is 4. The molecule has 1 aliphatic rings. The van der Waals surface area contributed by atoms with E-state index in [1.165, 1.54) is 0 Å². The molecule has 0 radical (unpaired) electrons. The number of benzene rings is 2. The number of esters is 1. The predicted octanol–water partition coefficient (Wildman–Crippen LogP) is 3.61. The number of carbonyl (C=O) groups is 4. The zero-order chi connectivity index (χ0) is 23.1. The number of thioether (sulfide) groups is 1. The number of nitrogens with one attached hydrogen (secondary N) is 1. The topological polar surface area (TPSA) is 102 Å². The third-order valence-electron chi connectivity index (χ3n) is 4.35. The lowest BCUT2D eigenvalue weighted by molar-refractivity contribution is -0.146. The summed E-state index contributed by atoms with van der Waals surface area (Å²) in [5, 5.41) is 2.23. The molecule has 3 amide bonds. The summed E-state index contributed by atoms with van der Waals surface area (Å²) in [6.07, 6.45) is 1.56. The number of imide groups is 1. The van der Waals surface area contributed by atoms with Gasteiger partial charge in [-0.2, -0.15) is 0 Å². The minimum Gasteiger partial charge on any atom is -0.484 e. The van der Waals surface area contributed by atoms with Crippen LogP contribution in [0.15, 0.2) is 53.4 Å². The number of ether oxygens (including phenoxy) is 2. The molecule has 8 nitrogen and oxygen atoms in total. The highest BCUT2D eigenvalue weighted by Gasteiger charge is 2.36. The molecule has 1 saturated heterocycles. The Bertz CT molecular complexity index is 1050. The fraction of sp³-hybridized carbons (Fsp3) is 0.217. The summed E-state index contributed by atoms with van der Waals surface area (Å²) >= 11 is 0.763. The number of hydrogen-bond acceptors (Lipinski definition) is 7. The smallest absolute Gasteiger partial charge is 0.326 e. The molecule has 0 unspecified atom stereocenters. The van der Waals surface area contributed by atoms with Gasteiger partial charge in [-0.25, -0.2) is 0 Å². The minimum absolute atomic E-state index is 0.153. The SMILES string of the molecule is CCOC(=O)CN1C(=O)S/C(=C/c2ccc(OCC(=O)Nc3ccc(C)cc3)cc2)C1=O. The molecular weight excluding hydrogens is 432 g/mol. The molecule has 0 saturated carbocycles. The zero-order valence-electron chi connectivity index (χ0n) is 17.6. The standard InChI is InChI=1S/C23H22N2O6S/c1-3-30-21(27)13-25-22(28)19(32-23(25)29)12-16-6-10-18(11-7-16)31-14-20(26)24-17-8-4-15(2)5-9-17/h4-12H,3,13-14H2,1-2H3,(H,24,26)/b19-12+. The molecule has 9 heteroatoms. The van der Waals surface area contributed by atoms with E-state index in [9.17, 15) is 19.2 Å². The van der Waals surface area contributed by atoms with Crippen molar-refractivity contribution in [1.82, 2.24) is 4.90 Å². The lowest BCUT2D eigenvalue weighted by Gasteiger charge is -2.10. The molecule has 32 heavy (non-hydrogen) atoms. The average molecular weight is 455 g/mol. The number of anilines is 1. The van der Waals surface area contributed by atoms with E-state index in [2.05, 4.69) is 5.32 Å². The first-order chi connectivity index (χ1) is 15.4. The summed E-state index contributed by atoms with van der Waals surface area (Å²) in [7, 11) is 0. The molecule has 166 valence electrons. The van der Waals surface area contributed by atoms with Crippen LogP contribution in [0.4, 0.5) is 10.5 Å². The van der Waals surface area contributed by atoms with E-state index in [0.717, 1.165) is 22.2 Å². The maximum absolute atomic E-state index is 12.4. The fourth-order valence-corrected chi connectivity index (χ4v) is 3.60. The third-order valence-corrected chi connectivity index (χ3v) is 5.26. The van der Waals surface area contributed by atoms with Crippen LogP contribution in [-0.4, -0.2) is 47.7 Å². The molecule has 0 atom stereocenters. The van der Waals surface area contributed by atoms with Crippen molar-refractivity contribution in [2.75, 3.05) is 25.1 Å². The fourth-order valence-electron chi connectivity index (χ4n) is 2.77. The highest BCUT2D eigenvalue weighted by Crippen LogP contribution is 2.32. The van der Waals surface area contributed by atoms with Gasteiger partial charge in [-0.1, -0.05) is 29.8 Å². The van der Waals surface area contributed by atoms with Crippen LogP contribution in [0.1, 0.15) is 18.1 Å². The number of rotatable bonds is 8. The Kier molecular flexibility index (Phi) is 7.67. The van der Waals surface area contributed by atoms with Crippen molar-refractivity contribution < 1.29 is 28.7 Å². The molecule has 1 fully saturated rings. The quantitative estimate of drug-likeness (QED) is 0.480. The van der Waals surface area contributed by atoms with E-state index in [-0.39, 0.29) is 24.0 Å². The van der Waals surface area contributed by atoms with Crippen LogP contribution in [0.5, 0.6) is 5.75 Å². The largest absolute Gasteiger partial charge is 0.484 e. The molecule has 0 bridgehead atoms. The van der Waals surface area contributed by atoms with Crippen molar-refractivity contribution in [1.29, 1.82) is 0 Å². The summed E-state index contributed by atoms with van der Waals surface area (Å²) in [5.41, 5.74) is 2.46. The summed E-state index contributed by atoms with van der Waals surface area (Å²) in [4.78, 5) is 49.1. The molecule has 0 aromatic heterocycles. The van der Waals surface area contributed by atoms with Gasteiger partial charge in [0.2, 0.25) is 0 Å². The zero-order valence-corrected chi connectivity index (χ0v) is 18.4. The molecule has 1 heterocycles. The van der Waals surface area contributed by atoms with Gasteiger partial charge < -0.3 is 14.8 Å². The molecule has 1 aliphatic heterocycles. The van der Waals surface area contributed by atoms with Crippen LogP contribution in [0.25, 0.3) is 6.08 Å². The van der Waals surface area contributed by atoms with Crippen LogP contribution < -0.4 is 10.1 Å². The van der Waals surface area contributed by atoms with Crippen molar-refractivity contribution in [3.63, 3.8) is 0 Å². The van der Waals surface area contributed by atoms with E-state index in [4.69, 9.17) is 9.47 Å². The average Bonchev–Trinajstić information content (AvgIpc) is 3.02. The Hall–Kier alpha value is -3.59. The van der Waals surface area contributed by atoms with E-state index >= 15 is 0 Å². The lowest BCUT2D eigenvalue weighted by Crippen LogP contribution is -2.34. The highest BCUT2D eigenvalue weighted by atomic mass is 32.2. The Balaban J connectivity index is 1.55. The van der Waals surface area contributed by atoms with Gasteiger partial charge in [-0.3, -0.25) is 24.1 Å². The van der Waals surface area contributed by atoms with Crippen LogP contribution in [0.3, 0.4) is 0 Å². The van der Waals surface area contributed by atoms with Crippen LogP contribution in [0.2, 0.25) is 0 Å². The van der Waals surface area contributed by atoms with Crippen molar-refractivity contribution in [2.45, 2.75) is 13.8 Å². The highest BCUT2D eigenvalue weighted by molar-refractivity contribution is 8.18. The minimum atomic E-state index is -0.635. The van der Waals surface area contributed by atoms with Crippen molar-refractivity contribution in [3.05, 3.63) is 64.6 Å². The predicted molar refractivity (Wildman–Crippen MR) is 121 cm³/mol. The normalized spacial score (nSPS) is 14.6. The van der Waals surface area contributed by atoms with Gasteiger partial charge in [0, 0.05) is 5.69 Å². The number of nitrogens with zero attached hydrogens (tertiary/aromatic N) is 1. The molecule has 2 aromatic carbocycles. The van der Waals surface area contributed by atoms with Crippen molar-refractivity contribution >= 4 is 46.5 Å². The van der Waals surface area contributed by atoms with Crippen LogP contribution in [0, 0.1) is 6.92 Å². The van der Waals surface area contributed by atoms with Gasteiger partial charge in [-0.05, 0) is 61.5 Å². The first-order valence-corrected chi connectivity index (χ1v) is 10.7. The van der Waals surface area contributed by atoms with Gasteiger partial charge in [-0.15, -0.1) is 0 Å². The number of amides is 3. The second kappa shape index (κ2) is 10.6.